The van der Waals surface area contributed by atoms with Crippen LogP contribution in [0.3, 0.4) is 0 Å². The van der Waals surface area contributed by atoms with Gasteiger partial charge in [-0.2, -0.15) is 0 Å². The van der Waals surface area contributed by atoms with Gasteiger partial charge in [0.2, 0.25) is 0 Å². The van der Waals surface area contributed by atoms with Crippen molar-refractivity contribution in [2.75, 3.05) is 20.2 Å². The van der Waals surface area contributed by atoms with Gasteiger partial charge in [-0.25, -0.2) is 4.39 Å². The molecule has 2 rings (SSSR count). The molecule has 4 heteroatoms. The van der Waals surface area contributed by atoms with Gasteiger partial charge in [0.05, 0.1) is 11.6 Å². The van der Waals surface area contributed by atoms with Crippen LogP contribution in [0.15, 0.2) is 18.2 Å². The van der Waals surface area contributed by atoms with E-state index in [-0.39, 0.29) is 12.0 Å². The van der Waals surface area contributed by atoms with Gasteiger partial charge in [0, 0.05) is 12.1 Å². The molecule has 1 aromatic rings. The zero-order valence-corrected chi connectivity index (χ0v) is 8.59. The molecule has 0 aliphatic carbocycles. The summed E-state index contributed by atoms with van der Waals surface area (Å²) in [6.07, 6.45) is -0.344. The molecule has 1 aliphatic rings. The summed E-state index contributed by atoms with van der Waals surface area (Å²) in [5, 5.41) is 0.420. The van der Waals surface area contributed by atoms with Crippen LogP contribution in [-0.2, 0) is 4.74 Å². The molecule has 0 aromatic heterocycles. The molecule has 0 radical (unpaired) electrons. The smallest absolute Gasteiger partial charge is 0.140 e. The van der Waals surface area contributed by atoms with Gasteiger partial charge in [0.25, 0.3) is 0 Å². The number of nitrogens with zero attached hydrogens (tertiary/aromatic N) is 1. The van der Waals surface area contributed by atoms with Crippen LogP contribution in [0, 0.1) is 5.82 Å². The van der Waals surface area contributed by atoms with Gasteiger partial charge in [0.1, 0.15) is 12.0 Å². The van der Waals surface area contributed by atoms with E-state index in [1.165, 1.54) is 6.07 Å². The van der Waals surface area contributed by atoms with Gasteiger partial charge in [-0.15, -0.1) is 0 Å². The summed E-state index contributed by atoms with van der Waals surface area (Å²) in [5.74, 6) is -0.309. The molecule has 0 amide bonds. The molecule has 2 nitrogen and oxygen atoms in total. The summed E-state index contributed by atoms with van der Waals surface area (Å²) in [6, 6.07) is 4.67. The van der Waals surface area contributed by atoms with E-state index in [2.05, 4.69) is 0 Å². The van der Waals surface area contributed by atoms with Gasteiger partial charge < -0.3 is 4.74 Å². The minimum atomic E-state index is -0.344. The maximum absolute atomic E-state index is 13.5. The molecular weight excluding hydrogens is 205 g/mol. The summed E-state index contributed by atoms with van der Waals surface area (Å²) in [4.78, 5) is 1.93. The Balaban J connectivity index is 2.39. The van der Waals surface area contributed by atoms with Crippen molar-refractivity contribution >= 4 is 11.6 Å². The van der Waals surface area contributed by atoms with Gasteiger partial charge in [0.15, 0.2) is 0 Å². The fourth-order valence-electron chi connectivity index (χ4n) is 1.60. The molecule has 76 valence electrons. The van der Waals surface area contributed by atoms with Crippen molar-refractivity contribution in [1.29, 1.82) is 0 Å². The Labute approximate surface area is 87.2 Å². The van der Waals surface area contributed by atoms with E-state index in [4.69, 9.17) is 16.3 Å². The van der Waals surface area contributed by atoms with Crippen molar-refractivity contribution in [3.8, 4) is 0 Å². The quantitative estimate of drug-likeness (QED) is 0.714. The predicted octanol–water partition coefficient (Wildman–Crippen LogP) is 2.44. The minimum absolute atomic E-state index is 0.309. The Morgan fingerprint density at radius 1 is 1.57 bits per heavy atom. The van der Waals surface area contributed by atoms with Gasteiger partial charge in [-0.1, -0.05) is 17.7 Å². The summed E-state index contributed by atoms with van der Waals surface area (Å²) in [7, 11) is 1.89. The Kier molecular flexibility index (Phi) is 2.72. The van der Waals surface area contributed by atoms with Crippen LogP contribution in [0.1, 0.15) is 11.8 Å². The van der Waals surface area contributed by atoms with E-state index < -0.39 is 0 Å². The number of hydrogen-bond donors (Lipinski definition) is 0. The van der Waals surface area contributed by atoms with E-state index in [0.717, 1.165) is 6.54 Å². The monoisotopic (exact) mass is 215 g/mol. The second-order valence-electron chi connectivity index (χ2n) is 3.34. The lowest BCUT2D eigenvalue weighted by Crippen LogP contribution is -2.19. The molecule has 0 saturated carbocycles. The lowest BCUT2D eigenvalue weighted by molar-refractivity contribution is 0.0425. The standard InChI is InChI=1S/C10H11ClFNO/c1-13-5-6-14-10(13)9-7(11)3-2-4-8(9)12/h2-4,10H,5-6H2,1H3. The van der Waals surface area contributed by atoms with Crippen LogP contribution < -0.4 is 0 Å². The van der Waals surface area contributed by atoms with Gasteiger partial charge in [-0.3, -0.25) is 4.90 Å². The lowest BCUT2D eigenvalue weighted by Gasteiger charge is -2.19. The van der Waals surface area contributed by atoms with Gasteiger partial charge >= 0.3 is 0 Å². The van der Waals surface area contributed by atoms with E-state index in [9.17, 15) is 4.39 Å². The summed E-state index contributed by atoms with van der Waals surface area (Å²) < 4.78 is 18.9. The summed E-state index contributed by atoms with van der Waals surface area (Å²) >= 11 is 5.93. The Morgan fingerprint density at radius 3 is 2.93 bits per heavy atom. The molecule has 1 fully saturated rings. The van der Waals surface area contributed by atoms with Crippen molar-refractivity contribution < 1.29 is 9.13 Å². The molecule has 1 unspecified atom stereocenters. The van der Waals surface area contributed by atoms with Crippen LogP contribution >= 0.6 is 11.6 Å². The first kappa shape index (κ1) is 9.90. The molecule has 1 heterocycles. The van der Waals surface area contributed by atoms with Crippen LogP contribution in [0.5, 0.6) is 0 Å². The third kappa shape index (κ3) is 1.63. The van der Waals surface area contributed by atoms with Crippen molar-refractivity contribution in [2.24, 2.45) is 0 Å². The average Bonchev–Trinajstić information content (AvgIpc) is 2.52. The molecule has 1 saturated heterocycles. The number of ether oxygens (including phenoxy) is 1. The largest absolute Gasteiger partial charge is 0.357 e. The normalized spacial score (nSPS) is 22.9. The van der Waals surface area contributed by atoms with E-state index in [0.29, 0.717) is 17.2 Å². The Morgan fingerprint density at radius 2 is 2.36 bits per heavy atom. The molecule has 1 aromatic carbocycles. The zero-order valence-electron chi connectivity index (χ0n) is 7.84. The maximum Gasteiger partial charge on any atom is 0.140 e. The first-order valence-electron chi connectivity index (χ1n) is 4.46. The van der Waals surface area contributed by atoms with Crippen molar-refractivity contribution in [3.63, 3.8) is 0 Å². The third-order valence-electron chi connectivity index (χ3n) is 2.37. The number of likely N-dealkylation sites (N-methyl/N-ethyl adjacent to an activating group) is 1. The highest BCUT2D eigenvalue weighted by Gasteiger charge is 2.27. The Bertz CT molecular complexity index is 325. The molecule has 0 N–H and O–H groups in total. The third-order valence-corrected chi connectivity index (χ3v) is 2.70. The fraction of sp³-hybridized carbons (Fsp3) is 0.400. The summed E-state index contributed by atoms with van der Waals surface area (Å²) in [6.45, 7) is 1.42. The number of rotatable bonds is 1. The number of benzene rings is 1. The van der Waals surface area contributed by atoms with Crippen molar-refractivity contribution in [2.45, 2.75) is 6.23 Å². The zero-order chi connectivity index (χ0) is 10.1. The average molecular weight is 216 g/mol. The molecule has 1 aliphatic heterocycles. The van der Waals surface area contributed by atoms with Crippen molar-refractivity contribution in [1.82, 2.24) is 4.90 Å². The predicted molar refractivity (Wildman–Crippen MR) is 52.7 cm³/mol. The van der Waals surface area contributed by atoms with Crippen LogP contribution in [0.25, 0.3) is 0 Å². The second-order valence-corrected chi connectivity index (χ2v) is 3.75. The minimum Gasteiger partial charge on any atom is -0.357 e. The first-order chi connectivity index (χ1) is 6.70. The molecule has 0 spiro atoms. The van der Waals surface area contributed by atoms with Crippen molar-refractivity contribution in [3.05, 3.63) is 34.6 Å². The number of halogens is 2. The lowest BCUT2D eigenvalue weighted by atomic mass is 10.2. The highest BCUT2D eigenvalue weighted by molar-refractivity contribution is 6.31. The molecule has 1 atom stereocenters. The SMILES string of the molecule is CN1CCOC1c1c(F)cccc1Cl. The fourth-order valence-corrected chi connectivity index (χ4v) is 1.86. The topological polar surface area (TPSA) is 12.5 Å². The second kappa shape index (κ2) is 3.85. The van der Waals surface area contributed by atoms with Crippen LogP contribution in [0.4, 0.5) is 4.39 Å². The first-order valence-corrected chi connectivity index (χ1v) is 4.83. The van der Waals surface area contributed by atoms with E-state index in [1.54, 1.807) is 12.1 Å². The van der Waals surface area contributed by atoms with Gasteiger partial charge in [-0.05, 0) is 19.2 Å². The Hall–Kier alpha value is -0.640. The molecule has 0 bridgehead atoms. The number of hydrogen-bond acceptors (Lipinski definition) is 2. The van der Waals surface area contributed by atoms with Crippen LogP contribution in [0.2, 0.25) is 5.02 Å². The highest BCUT2D eigenvalue weighted by Crippen LogP contribution is 2.32. The molecule has 14 heavy (non-hydrogen) atoms. The van der Waals surface area contributed by atoms with E-state index in [1.807, 2.05) is 11.9 Å². The molecular formula is C10H11ClFNO. The van der Waals surface area contributed by atoms with Crippen LogP contribution in [-0.4, -0.2) is 25.1 Å². The van der Waals surface area contributed by atoms with E-state index >= 15 is 0 Å². The summed E-state index contributed by atoms with van der Waals surface area (Å²) in [5.41, 5.74) is 0.439. The maximum atomic E-state index is 13.5. The highest BCUT2D eigenvalue weighted by atomic mass is 35.5.